The second-order valence-electron chi connectivity index (χ2n) is 3.76. The molecule has 1 atom stereocenters. The second-order valence-corrected chi connectivity index (χ2v) is 4.29. The van der Waals surface area contributed by atoms with Crippen molar-refractivity contribution in [3.05, 3.63) is 53.1 Å². The summed E-state index contributed by atoms with van der Waals surface area (Å²) in [7, 11) is 0. The van der Waals surface area contributed by atoms with Gasteiger partial charge in [0.25, 0.3) is 0 Å². The fourth-order valence-corrected chi connectivity index (χ4v) is 2.03. The average Bonchev–Trinajstić information content (AvgIpc) is 2.25. The van der Waals surface area contributed by atoms with E-state index in [-0.39, 0.29) is 11.2 Å². The summed E-state index contributed by atoms with van der Waals surface area (Å²) < 4.78 is 12.8. The Morgan fingerprint density at radius 3 is 2.44 bits per heavy atom. The van der Waals surface area contributed by atoms with Crippen LogP contribution in [0.4, 0.5) is 4.39 Å². The third kappa shape index (κ3) is 2.04. The van der Waals surface area contributed by atoms with Crippen LogP contribution in [0.2, 0.25) is 0 Å². The van der Waals surface area contributed by atoms with Gasteiger partial charge in [-0.1, -0.05) is 12.1 Å². The number of nitrogens with two attached hydrogens (primary N) is 2. The summed E-state index contributed by atoms with van der Waals surface area (Å²) in [6.07, 6.45) is 2.28. The van der Waals surface area contributed by atoms with Gasteiger partial charge in [0.2, 0.25) is 0 Å². The molecule has 0 saturated heterocycles. The molecular weight excluding hydrogens is 227 g/mol. The van der Waals surface area contributed by atoms with Crippen molar-refractivity contribution in [1.29, 1.82) is 0 Å². The number of hydrogen-bond acceptors (Lipinski definition) is 2. The summed E-state index contributed by atoms with van der Waals surface area (Å²) in [5, 5.41) is -0.210. The van der Waals surface area contributed by atoms with Crippen LogP contribution in [-0.2, 0) is 0 Å². The quantitative estimate of drug-likeness (QED) is 0.738. The molecule has 1 aromatic carbocycles. The van der Waals surface area contributed by atoms with Gasteiger partial charge in [0.05, 0.1) is 11.1 Å². The van der Waals surface area contributed by atoms with Crippen LogP contribution in [0.25, 0.3) is 5.57 Å². The molecule has 1 aliphatic rings. The Bertz CT molecular complexity index is 462. The Labute approximate surface area is 98.4 Å². The lowest BCUT2D eigenvalue weighted by molar-refractivity contribution is 0.627. The van der Waals surface area contributed by atoms with Crippen LogP contribution in [-0.4, -0.2) is 5.38 Å². The largest absolute Gasteiger partial charge is 0.400 e. The molecule has 0 fully saturated rings. The predicted molar refractivity (Wildman–Crippen MR) is 64.0 cm³/mol. The normalized spacial score (nSPS) is 20.9. The SMILES string of the molecule is NC1=C(N)CC(Cl)C(c2ccc(F)cc2)=C1. The molecule has 0 amide bonds. The molecule has 2 rings (SSSR count). The van der Waals surface area contributed by atoms with E-state index in [0.29, 0.717) is 17.8 Å². The van der Waals surface area contributed by atoms with E-state index in [1.807, 2.05) is 0 Å². The molecule has 16 heavy (non-hydrogen) atoms. The zero-order chi connectivity index (χ0) is 11.7. The van der Waals surface area contributed by atoms with E-state index in [1.165, 1.54) is 12.1 Å². The highest BCUT2D eigenvalue weighted by molar-refractivity contribution is 6.26. The molecular formula is C12H12ClFN2. The van der Waals surface area contributed by atoms with Gasteiger partial charge in [-0.3, -0.25) is 0 Å². The van der Waals surface area contributed by atoms with Crippen molar-refractivity contribution in [2.24, 2.45) is 11.5 Å². The molecule has 4 heteroatoms. The number of halogens is 2. The molecule has 1 unspecified atom stereocenters. The van der Waals surface area contributed by atoms with Gasteiger partial charge in [-0.25, -0.2) is 4.39 Å². The molecule has 0 aromatic heterocycles. The predicted octanol–water partition coefficient (Wildman–Crippen LogP) is 2.35. The Morgan fingerprint density at radius 2 is 1.81 bits per heavy atom. The first-order chi connectivity index (χ1) is 7.58. The van der Waals surface area contributed by atoms with E-state index in [9.17, 15) is 4.39 Å². The highest BCUT2D eigenvalue weighted by atomic mass is 35.5. The molecule has 0 heterocycles. The van der Waals surface area contributed by atoms with Crippen molar-refractivity contribution in [3.8, 4) is 0 Å². The molecule has 1 aromatic rings. The molecule has 0 saturated carbocycles. The van der Waals surface area contributed by atoms with Crippen LogP contribution in [0.15, 0.2) is 41.7 Å². The van der Waals surface area contributed by atoms with E-state index >= 15 is 0 Å². The third-order valence-corrected chi connectivity index (χ3v) is 2.99. The van der Waals surface area contributed by atoms with Crippen molar-refractivity contribution < 1.29 is 4.39 Å². The maximum Gasteiger partial charge on any atom is 0.123 e. The first-order valence-corrected chi connectivity index (χ1v) is 5.37. The Balaban J connectivity index is 2.40. The zero-order valence-electron chi connectivity index (χ0n) is 8.58. The maximum atomic E-state index is 12.8. The number of hydrogen-bond donors (Lipinski definition) is 2. The lowest BCUT2D eigenvalue weighted by atomic mass is 9.94. The lowest BCUT2D eigenvalue weighted by Gasteiger charge is -2.20. The average molecular weight is 239 g/mol. The van der Waals surface area contributed by atoms with Crippen LogP contribution < -0.4 is 11.5 Å². The van der Waals surface area contributed by atoms with Crippen LogP contribution >= 0.6 is 11.6 Å². The fourth-order valence-electron chi connectivity index (χ4n) is 1.68. The summed E-state index contributed by atoms with van der Waals surface area (Å²) in [6.45, 7) is 0. The molecule has 0 radical (unpaired) electrons. The number of benzene rings is 1. The summed E-state index contributed by atoms with van der Waals surface area (Å²) in [6, 6.07) is 6.17. The topological polar surface area (TPSA) is 52.0 Å². The fraction of sp³-hybridized carbons (Fsp3) is 0.167. The van der Waals surface area contributed by atoms with Gasteiger partial charge in [0.15, 0.2) is 0 Å². The minimum absolute atomic E-state index is 0.210. The van der Waals surface area contributed by atoms with E-state index < -0.39 is 0 Å². The first kappa shape index (κ1) is 11.0. The highest BCUT2D eigenvalue weighted by Crippen LogP contribution is 2.31. The van der Waals surface area contributed by atoms with Gasteiger partial charge in [-0.05, 0) is 29.3 Å². The minimum atomic E-state index is -0.269. The van der Waals surface area contributed by atoms with Gasteiger partial charge in [0.1, 0.15) is 5.82 Å². The van der Waals surface area contributed by atoms with Gasteiger partial charge in [0, 0.05) is 12.1 Å². The maximum absolute atomic E-state index is 12.8. The van der Waals surface area contributed by atoms with Gasteiger partial charge < -0.3 is 11.5 Å². The van der Waals surface area contributed by atoms with Crippen molar-refractivity contribution in [1.82, 2.24) is 0 Å². The highest BCUT2D eigenvalue weighted by Gasteiger charge is 2.19. The molecule has 0 aliphatic heterocycles. The summed E-state index contributed by atoms with van der Waals surface area (Å²) in [4.78, 5) is 0. The number of allylic oxidation sites excluding steroid dienone is 3. The van der Waals surface area contributed by atoms with Crippen molar-refractivity contribution in [3.63, 3.8) is 0 Å². The van der Waals surface area contributed by atoms with E-state index in [4.69, 9.17) is 23.1 Å². The minimum Gasteiger partial charge on any atom is -0.400 e. The smallest absolute Gasteiger partial charge is 0.123 e. The van der Waals surface area contributed by atoms with E-state index in [2.05, 4.69) is 0 Å². The molecule has 84 valence electrons. The Morgan fingerprint density at radius 1 is 1.19 bits per heavy atom. The first-order valence-electron chi connectivity index (χ1n) is 4.93. The number of alkyl halides is 1. The molecule has 1 aliphatic carbocycles. The van der Waals surface area contributed by atoms with Crippen LogP contribution in [0.5, 0.6) is 0 Å². The van der Waals surface area contributed by atoms with Crippen LogP contribution in [0.1, 0.15) is 12.0 Å². The molecule has 2 nitrogen and oxygen atoms in total. The van der Waals surface area contributed by atoms with E-state index in [0.717, 1.165) is 11.1 Å². The Hall–Kier alpha value is -1.48. The van der Waals surface area contributed by atoms with Crippen LogP contribution in [0, 0.1) is 5.82 Å². The number of rotatable bonds is 1. The Kier molecular flexibility index (Phi) is 2.88. The molecule has 4 N–H and O–H groups in total. The van der Waals surface area contributed by atoms with E-state index in [1.54, 1.807) is 18.2 Å². The lowest BCUT2D eigenvalue weighted by Crippen LogP contribution is -2.19. The molecule has 0 spiro atoms. The third-order valence-electron chi connectivity index (χ3n) is 2.60. The standard InChI is InChI=1S/C12H12ClFN2/c13-10-6-12(16)11(15)5-9(10)7-1-3-8(14)4-2-7/h1-5,10H,6,15-16H2. The van der Waals surface area contributed by atoms with Crippen molar-refractivity contribution in [2.45, 2.75) is 11.8 Å². The van der Waals surface area contributed by atoms with Gasteiger partial charge >= 0.3 is 0 Å². The second kappa shape index (κ2) is 4.18. The van der Waals surface area contributed by atoms with Crippen molar-refractivity contribution in [2.75, 3.05) is 0 Å². The van der Waals surface area contributed by atoms with Gasteiger partial charge in [-0.15, -0.1) is 11.6 Å². The monoisotopic (exact) mass is 238 g/mol. The summed E-state index contributed by atoms with van der Waals surface area (Å²) in [5.41, 5.74) is 14.3. The van der Waals surface area contributed by atoms with Crippen molar-refractivity contribution >= 4 is 17.2 Å². The summed E-state index contributed by atoms with van der Waals surface area (Å²) in [5.74, 6) is -0.269. The van der Waals surface area contributed by atoms with Gasteiger partial charge in [-0.2, -0.15) is 0 Å². The summed E-state index contributed by atoms with van der Waals surface area (Å²) >= 11 is 6.19. The zero-order valence-corrected chi connectivity index (χ0v) is 9.34. The van der Waals surface area contributed by atoms with Crippen LogP contribution in [0.3, 0.4) is 0 Å². The molecule has 0 bridgehead atoms.